The van der Waals surface area contributed by atoms with Crippen LogP contribution in [-0.2, 0) is 17.6 Å². The number of carbonyl (C=O) groups excluding carboxylic acids is 1. The van der Waals surface area contributed by atoms with Gasteiger partial charge in [-0.25, -0.2) is 18.6 Å². The molecule has 1 aliphatic rings. The van der Waals surface area contributed by atoms with E-state index in [-0.39, 0.29) is 23.6 Å². The van der Waals surface area contributed by atoms with Crippen molar-refractivity contribution < 1.29 is 18.3 Å². The number of hydrogen-bond acceptors (Lipinski definition) is 4. The molecule has 0 aliphatic heterocycles. The van der Waals surface area contributed by atoms with Crippen molar-refractivity contribution in [2.75, 3.05) is 0 Å². The number of benzene rings is 2. The molecule has 0 saturated carbocycles. The van der Waals surface area contributed by atoms with Crippen molar-refractivity contribution in [1.82, 2.24) is 9.55 Å². The summed E-state index contributed by atoms with van der Waals surface area (Å²) in [6.07, 6.45) is 0.843. The number of primary amides is 1. The molecule has 1 heterocycles. The van der Waals surface area contributed by atoms with Crippen LogP contribution in [0.1, 0.15) is 49.0 Å². The van der Waals surface area contributed by atoms with Crippen molar-refractivity contribution in [2.45, 2.75) is 51.2 Å². The maximum absolute atomic E-state index is 15.6. The number of hydrogen-bond donors (Lipinski definition) is 1. The van der Waals surface area contributed by atoms with E-state index < -0.39 is 29.7 Å². The molecule has 1 aliphatic carbocycles. The number of aryl methyl sites for hydroxylation is 1. The summed E-state index contributed by atoms with van der Waals surface area (Å²) < 4.78 is 36.1. The van der Waals surface area contributed by atoms with Crippen molar-refractivity contribution in [3.8, 4) is 11.1 Å². The number of halogens is 2. The molecule has 0 fully saturated rings. The number of aromatic nitrogens is 2. The first-order chi connectivity index (χ1) is 15.8. The topological polar surface area (TPSA) is 87.2 Å². The minimum atomic E-state index is -0.949. The van der Waals surface area contributed by atoms with E-state index in [4.69, 9.17) is 10.5 Å². The highest BCUT2D eigenvalue weighted by Crippen LogP contribution is 2.36. The average Bonchev–Trinajstić information content (AvgIpc) is 2.76. The van der Waals surface area contributed by atoms with Gasteiger partial charge in [0.2, 0.25) is 0 Å². The second-order valence-electron chi connectivity index (χ2n) is 8.52. The predicted octanol–water partition coefficient (Wildman–Crippen LogP) is 4.51. The average molecular weight is 453 g/mol. The molecule has 0 unspecified atom stereocenters. The van der Waals surface area contributed by atoms with Gasteiger partial charge in [0.05, 0.1) is 12.0 Å². The molecule has 4 rings (SSSR count). The molecule has 2 N–H and O–H groups in total. The molecule has 1 aromatic heterocycles. The van der Waals surface area contributed by atoms with Crippen LogP contribution in [0.15, 0.2) is 53.6 Å². The van der Waals surface area contributed by atoms with Crippen molar-refractivity contribution in [1.29, 1.82) is 0 Å². The van der Waals surface area contributed by atoms with Gasteiger partial charge >= 0.3 is 6.09 Å². The Hall–Kier alpha value is -3.55. The second kappa shape index (κ2) is 9.13. The monoisotopic (exact) mass is 453 g/mol. The lowest BCUT2D eigenvalue weighted by Gasteiger charge is -2.32. The Bertz CT molecular complexity index is 1260. The van der Waals surface area contributed by atoms with Crippen molar-refractivity contribution in [2.24, 2.45) is 5.73 Å². The third-order valence-corrected chi connectivity index (χ3v) is 6.08. The van der Waals surface area contributed by atoms with Gasteiger partial charge in [-0.05, 0) is 56.4 Å². The molecule has 6 nitrogen and oxygen atoms in total. The highest BCUT2D eigenvalue weighted by Gasteiger charge is 2.36. The molecule has 0 saturated heterocycles. The summed E-state index contributed by atoms with van der Waals surface area (Å²) in [5.74, 6) is -1.60. The SMILES string of the molecule is CC(C)n1cnc2c(c1=O)[C@@H](Cc1cccc(-c3cccc(F)c3)c1F)[C@@H](OC(N)=O)CC2. The van der Waals surface area contributed by atoms with Crippen molar-refractivity contribution in [3.05, 3.63) is 87.6 Å². The van der Waals surface area contributed by atoms with Gasteiger partial charge < -0.3 is 10.5 Å². The highest BCUT2D eigenvalue weighted by atomic mass is 19.1. The summed E-state index contributed by atoms with van der Waals surface area (Å²) in [4.78, 5) is 29.3. The number of rotatable bonds is 5. The van der Waals surface area contributed by atoms with E-state index in [1.807, 2.05) is 13.8 Å². The third-order valence-electron chi connectivity index (χ3n) is 6.08. The maximum Gasteiger partial charge on any atom is 0.404 e. The quantitative estimate of drug-likeness (QED) is 0.616. The van der Waals surface area contributed by atoms with Gasteiger partial charge in [0.25, 0.3) is 5.56 Å². The number of nitrogens with two attached hydrogens (primary N) is 1. The highest BCUT2D eigenvalue weighted by molar-refractivity contribution is 5.66. The molecular formula is C25H25F2N3O3. The first-order valence-electron chi connectivity index (χ1n) is 10.9. The lowest BCUT2D eigenvalue weighted by molar-refractivity contribution is 0.0777. The summed E-state index contributed by atoms with van der Waals surface area (Å²) in [6, 6.07) is 10.5. The minimum Gasteiger partial charge on any atom is -0.446 e. The fraction of sp³-hybridized carbons (Fsp3) is 0.320. The number of ether oxygens (including phenoxy) is 1. The van der Waals surface area contributed by atoms with Gasteiger partial charge in [-0.15, -0.1) is 0 Å². The fourth-order valence-corrected chi connectivity index (χ4v) is 4.50. The van der Waals surface area contributed by atoms with E-state index >= 15 is 4.39 Å². The molecule has 8 heteroatoms. The molecule has 0 radical (unpaired) electrons. The van der Waals surface area contributed by atoms with Crippen LogP contribution in [0, 0.1) is 11.6 Å². The predicted molar refractivity (Wildman–Crippen MR) is 120 cm³/mol. The second-order valence-corrected chi connectivity index (χ2v) is 8.52. The Morgan fingerprint density at radius 3 is 2.70 bits per heavy atom. The molecule has 33 heavy (non-hydrogen) atoms. The Morgan fingerprint density at radius 2 is 2.00 bits per heavy atom. The number of fused-ring (bicyclic) bond motifs is 1. The lowest BCUT2D eigenvalue weighted by atomic mass is 9.79. The van der Waals surface area contributed by atoms with E-state index in [0.29, 0.717) is 35.2 Å². The van der Waals surface area contributed by atoms with Crippen LogP contribution in [0.3, 0.4) is 0 Å². The van der Waals surface area contributed by atoms with Gasteiger partial charge in [0.15, 0.2) is 0 Å². The third kappa shape index (κ3) is 4.51. The smallest absolute Gasteiger partial charge is 0.404 e. The summed E-state index contributed by atoms with van der Waals surface area (Å²) in [5.41, 5.74) is 7.07. The number of carbonyl (C=O) groups is 1. The van der Waals surface area contributed by atoms with Gasteiger partial charge in [-0.3, -0.25) is 9.36 Å². The van der Waals surface area contributed by atoms with Crippen LogP contribution >= 0.6 is 0 Å². The van der Waals surface area contributed by atoms with Gasteiger partial charge in [-0.2, -0.15) is 0 Å². The van der Waals surface area contributed by atoms with Crippen LogP contribution in [0.4, 0.5) is 13.6 Å². The summed E-state index contributed by atoms with van der Waals surface area (Å²) in [7, 11) is 0. The van der Waals surface area contributed by atoms with Crippen LogP contribution in [-0.4, -0.2) is 21.7 Å². The molecule has 2 atom stereocenters. The molecule has 172 valence electrons. The fourth-order valence-electron chi connectivity index (χ4n) is 4.50. The van der Waals surface area contributed by atoms with Crippen molar-refractivity contribution >= 4 is 6.09 Å². The van der Waals surface area contributed by atoms with E-state index in [1.54, 1.807) is 24.3 Å². The Kier molecular flexibility index (Phi) is 6.26. The zero-order valence-electron chi connectivity index (χ0n) is 18.4. The molecule has 3 aromatic rings. The molecule has 0 bridgehead atoms. The van der Waals surface area contributed by atoms with E-state index in [2.05, 4.69) is 4.98 Å². The number of nitrogens with zero attached hydrogens (tertiary/aromatic N) is 2. The van der Waals surface area contributed by atoms with E-state index in [9.17, 15) is 14.0 Å². The number of amides is 1. The van der Waals surface area contributed by atoms with Gasteiger partial charge in [0.1, 0.15) is 17.7 Å². The first kappa shape index (κ1) is 22.6. The van der Waals surface area contributed by atoms with E-state index in [1.165, 1.54) is 29.1 Å². The van der Waals surface area contributed by atoms with Gasteiger partial charge in [-0.1, -0.05) is 30.3 Å². The zero-order valence-corrected chi connectivity index (χ0v) is 18.4. The Labute approximate surface area is 190 Å². The lowest BCUT2D eigenvalue weighted by Crippen LogP contribution is -2.40. The van der Waals surface area contributed by atoms with Gasteiger partial charge in [0, 0.05) is 23.1 Å². The summed E-state index contributed by atoms with van der Waals surface area (Å²) >= 11 is 0. The van der Waals surface area contributed by atoms with E-state index in [0.717, 1.165) is 0 Å². The van der Waals surface area contributed by atoms with Crippen LogP contribution in [0.5, 0.6) is 0 Å². The van der Waals surface area contributed by atoms with Crippen LogP contribution < -0.4 is 11.3 Å². The first-order valence-corrected chi connectivity index (χ1v) is 10.9. The minimum absolute atomic E-state index is 0.0962. The normalized spacial score (nSPS) is 17.6. The summed E-state index contributed by atoms with van der Waals surface area (Å²) in [6.45, 7) is 3.74. The summed E-state index contributed by atoms with van der Waals surface area (Å²) in [5, 5.41) is 0. The zero-order chi connectivity index (χ0) is 23.7. The molecule has 2 aromatic carbocycles. The maximum atomic E-state index is 15.6. The Morgan fingerprint density at radius 1 is 1.24 bits per heavy atom. The van der Waals surface area contributed by atoms with Crippen LogP contribution in [0.2, 0.25) is 0 Å². The Balaban J connectivity index is 1.80. The molecular weight excluding hydrogens is 428 g/mol. The molecule has 1 amide bonds. The largest absolute Gasteiger partial charge is 0.446 e. The van der Waals surface area contributed by atoms with Crippen LogP contribution in [0.25, 0.3) is 11.1 Å². The molecule has 0 spiro atoms. The standard InChI is InChI=1S/C25H25F2N3O3/c1-14(2)30-13-29-20-9-10-21(33-25(28)32)19(22(20)24(30)31)12-16-6-4-8-18(23(16)27)15-5-3-7-17(26)11-15/h3-8,11,13-14,19,21H,9-10,12H2,1-2H3,(H2,28,32)/t19-,21-/m0/s1. The van der Waals surface area contributed by atoms with Crippen molar-refractivity contribution in [3.63, 3.8) is 0 Å².